The number of hydrogen-bond donors (Lipinski definition) is 0. The van der Waals surface area contributed by atoms with Crippen molar-refractivity contribution in [1.29, 1.82) is 0 Å². The Labute approximate surface area is 105 Å². The van der Waals surface area contributed by atoms with Crippen molar-refractivity contribution in [2.24, 2.45) is 0 Å². The van der Waals surface area contributed by atoms with E-state index >= 15 is 0 Å². The average Bonchev–Trinajstić information content (AvgIpc) is 2.76. The molecule has 0 aliphatic carbocycles. The van der Waals surface area contributed by atoms with Crippen LogP contribution in [0.4, 0.5) is 0 Å². The largest absolute Gasteiger partial charge is 0.542 e. The number of rotatable bonds is 4. The molecule has 1 aromatic heterocycles. The van der Waals surface area contributed by atoms with E-state index in [4.69, 9.17) is 9.15 Å². The van der Waals surface area contributed by atoms with Gasteiger partial charge in [0.2, 0.25) is 0 Å². The highest BCUT2D eigenvalue weighted by Gasteiger charge is 2.05. The lowest BCUT2D eigenvalue weighted by molar-refractivity contribution is -0.257. The van der Waals surface area contributed by atoms with Gasteiger partial charge in [0.05, 0.1) is 0 Å². The number of hydrogen-bond acceptors (Lipinski definition) is 4. The summed E-state index contributed by atoms with van der Waals surface area (Å²) in [4.78, 5) is 10.5. The molecule has 0 amide bonds. The smallest absolute Gasteiger partial charge is 0.149 e. The third-order valence-electron chi connectivity index (χ3n) is 2.56. The van der Waals surface area contributed by atoms with Gasteiger partial charge < -0.3 is 19.1 Å². The highest BCUT2D eigenvalue weighted by molar-refractivity contribution is 5.82. The van der Waals surface area contributed by atoms with Gasteiger partial charge in [0.15, 0.2) is 0 Å². The monoisotopic (exact) mass is 245 g/mol. The standard InChI is InChI=1S/C14H14O4/c1-9-3-5-12(10(2)7-9)17-8-11-4-6-13(18-11)14(15)16/h3-7H,8H2,1-2H3,(H,15,16)/p-1. The zero-order chi connectivity index (χ0) is 13.1. The minimum Gasteiger partial charge on any atom is -0.542 e. The van der Waals surface area contributed by atoms with Gasteiger partial charge in [0.25, 0.3) is 0 Å². The number of carboxylic acid groups (broad SMARTS) is 1. The van der Waals surface area contributed by atoms with Crippen molar-refractivity contribution in [2.75, 3.05) is 0 Å². The molecule has 0 bridgehead atoms. The molecule has 0 fully saturated rings. The minimum absolute atomic E-state index is 0.186. The molecule has 0 saturated carbocycles. The second-order valence-electron chi connectivity index (χ2n) is 4.11. The second-order valence-corrected chi connectivity index (χ2v) is 4.11. The maximum absolute atomic E-state index is 10.5. The predicted octanol–water partition coefficient (Wildman–Crippen LogP) is 1.84. The molecular formula is C14H13O4-. The van der Waals surface area contributed by atoms with E-state index in [9.17, 15) is 9.90 Å². The van der Waals surface area contributed by atoms with Crippen LogP contribution in [0.5, 0.6) is 5.75 Å². The molecule has 2 rings (SSSR count). The number of aryl methyl sites for hydroxylation is 2. The van der Waals surface area contributed by atoms with E-state index in [1.807, 2.05) is 32.0 Å². The third kappa shape index (κ3) is 2.71. The Bertz CT molecular complexity index is 569. The summed E-state index contributed by atoms with van der Waals surface area (Å²) in [6, 6.07) is 8.78. The highest BCUT2D eigenvalue weighted by Crippen LogP contribution is 2.20. The number of carbonyl (C=O) groups excluding carboxylic acids is 1. The number of ether oxygens (including phenoxy) is 1. The lowest BCUT2D eigenvalue weighted by Gasteiger charge is -2.08. The summed E-state index contributed by atoms with van der Waals surface area (Å²) in [5.74, 6) is -0.303. The Balaban J connectivity index is 2.04. The van der Waals surface area contributed by atoms with E-state index in [1.165, 1.54) is 6.07 Å². The van der Waals surface area contributed by atoms with Gasteiger partial charge in [-0.1, -0.05) is 17.7 Å². The Kier molecular flexibility index (Phi) is 3.37. The van der Waals surface area contributed by atoms with E-state index < -0.39 is 5.97 Å². The molecule has 0 aliphatic heterocycles. The fraction of sp³-hybridized carbons (Fsp3) is 0.214. The highest BCUT2D eigenvalue weighted by atomic mass is 16.5. The first-order valence-electron chi connectivity index (χ1n) is 5.56. The number of carboxylic acids is 1. The number of carbonyl (C=O) groups is 1. The molecule has 1 heterocycles. The first kappa shape index (κ1) is 12.2. The molecule has 1 aromatic carbocycles. The molecule has 0 saturated heterocycles. The van der Waals surface area contributed by atoms with Crippen molar-refractivity contribution in [3.8, 4) is 5.75 Å². The molecule has 2 aromatic rings. The Morgan fingerprint density at radius 3 is 2.67 bits per heavy atom. The van der Waals surface area contributed by atoms with E-state index in [0.29, 0.717) is 5.76 Å². The molecule has 18 heavy (non-hydrogen) atoms. The lowest BCUT2D eigenvalue weighted by atomic mass is 10.1. The maximum atomic E-state index is 10.5. The van der Waals surface area contributed by atoms with Crippen molar-refractivity contribution in [2.45, 2.75) is 20.5 Å². The summed E-state index contributed by atoms with van der Waals surface area (Å²) >= 11 is 0. The van der Waals surface area contributed by atoms with Gasteiger partial charge in [0.1, 0.15) is 29.8 Å². The van der Waals surface area contributed by atoms with Crippen LogP contribution in [0.1, 0.15) is 27.4 Å². The van der Waals surface area contributed by atoms with Crippen molar-refractivity contribution in [3.63, 3.8) is 0 Å². The number of furan rings is 1. The van der Waals surface area contributed by atoms with Crippen LogP contribution < -0.4 is 9.84 Å². The normalized spacial score (nSPS) is 10.3. The van der Waals surface area contributed by atoms with Gasteiger partial charge in [-0.2, -0.15) is 0 Å². The van der Waals surface area contributed by atoms with Crippen LogP contribution in [0.25, 0.3) is 0 Å². The summed E-state index contributed by atoms with van der Waals surface area (Å²) in [5, 5.41) is 10.5. The SMILES string of the molecule is Cc1ccc(OCc2ccc(C(=O)[O-])o2)c(C)c1. The van der Waals surface area contributed by atoms with Gasteiger partial charge in [-0.3, -0.25) is 0 Å². The maximum Gasteiger partial charge on any atom is 0.149 e. The van der Waals surface area contributed by atoms with E-state index in [1.54, 1.807) is 6.07 Å². The van der Waals surface area contributed by atoms with Gasteiger partial charge in [0, 0.05) is 0 Å². The predicted molar refractivity (Wildman–Crippen MR) is 63.3 cm³/mol. The van der Waals surface area contributed by atoms with Gasteiger partial charge in [-0.05, 0) is 37.6 Å². The number of aromatic carboxylic acids is 1. The van der Waals surface area contributed by atoms with Crippen LogP contribution in [0.15, 0.2) is 34.7 Å². The fourth-order valence-corrected chi connectivity index (χ4v) is 1.68. The van der Waals surface area contributed by atoms with Crippen molar-refractivity contribution >= 4 is 5.97 Å². The second kappa shape index (κ2) is 4.96. The summed E-state index contributed by atoms with van der Waals surface area (Å²) in [7, 11) is 0. The van der Waals surface area contributed by atoms with Gasteiger partial charge >= 0.3 is 0 Å². The van der Waals surface area contributed by atoms with Crippen molar-refractivity contribution in [3.05, 3.63) is 53.0 Å². The van der Waals surface area contributed by atoms with E-state index in [2.05, 4.69) is 0 Å². The van der Waals surface area contributed by atoms with Crippen molar-refractivity contribution < 1.29 is 19.1 Å². The number of benzene rings is 1. The van der Waals surface area contributed by atoms with Crippen LogP contribution >= 0.6 is 0 Å². The summed E-state index contributed by atoms with van der Waals surface area (Å²) in [5.41, 5.74) is 2.19. The molecule has 0 radical (unpaired) electrons. The first-order chi connectivity index (χ1) is 8.56. The molecule has 4 heteroatoms. The molecular weight excluding hydrogens is 232 g/mol. The zero-order valence-electron chi connectivity index (χ0n) is 10.2. The summed E-state index contributed by atoms with van der Waals surface area (Å²) < 4.78 is 10.6. The van der Waals surface area contributed by atoms with Crippen LogP contribution in [-0.2, 0) is 6.61 Å². The fourth-order valence-electron chi connectivity index (χ4n) is 1.68. The van der Waals surface area contributed by atoms with Gasteiger partial charge in [-0.15, -0.1) is 0 Å². The molecule has 0 atom stereocenters. The van der Waals surface area contributed by atoms with E-state index in [-0.39, 0.29) is 12.4 Å². The minimum atomic E-state index is -1.33. The molecule has 0 unspecified atom stereocenters. The first-order valence-corrected chi connectivity index (χ1v) is 5.56. The molecule has 0 N–H and O–H groups in total. The molecule has 0 aliphatic rings. The summed E-state index contributed by atoms with van der Waals surface area (Å²) in [6.07, 6.45) is 0. The quantitative estimate of drug-likeness (QED) is 0.824. The molecule has 4 nitrogen and oxygen atoms in total. The van der Waals surface area contributed by atoms with Crippen LogP contribution in [-0.4, -0.2) is 5.97 Å². The Morgan fingerprint density at radius 1 is 1.28 bits per heavy atom. The average molecular weight is 245 g/mol. The van der Waals surface area contributed by atoms with Crippen LogP contribution in [0.3, 0.4) is 0 Å². The van der Waals surface area contributed by atoms with E-state index in [0.717, 1.165) is 16.9 Å². The molecule has 94 valence electrons. The molecule has 0 spiro atoms. The zero-order valence-corrected chi connectivity index (χ0v) is 10.2. The van der Waals surface area contributed by atoms with Crippen LogP contribution in [0.2, 0.25) is 0 Å². The van der Waals surface area contributed by atoms with Gasteiger partial charge in [-0.25, -0.2) is 0 Å². The Morgan fingerprint density at radius 2 is 2.06 bits per heavy atom. The Hall–Kier alpha value is -2.23. The third-order valence-corrected chi connectivity index (χ3v) is 2.56. The summed E-state index contributed by atoms with van der Waals surface area (Å²) in [6.45, 7) is 4.16. The topological polar surface area (TPSA) is 62.5 Å². The van der Waals surface area contributed by atoms with Crippen LogP contribution in [0, 0.1) is 13.8 Å². The van der Waals surface area contributed by atoms with Crippen molar-refractivity contribution in [1.82, 2.24) is 0 Å². The lowest BCUT2D eigenvalue weighted by Crippen LogP contribution is -2.21.